The average Bonchev–Trinajstić information content (AvgIpc) is 3.30. The van der Waals surface area contributed by atoms with E-state index in [1.807, 2.05) is 18.4 Å². The van der Waals surface area contributed by atoms with Crippen molar-refractivity contribution in [1.29, 1.82) is 0 Å². The Bertz CT molecular complexity index is 1140. The Hall–Kier alpha value is -2.45. The fourth-order valence-electron chi connectivity index (χ4n) is 3.37. The van der Waals surface area contributed by atoms with Crippen molar-refractivity contribution in [3.63, 3.8) is 0 Å². The van der Waals surface area contributed by atoms with Gasteiger partial charge in [-0.05, 0) is 55.5 Å². The van der Waals surface area contributed by atoms with Crippen LogP contribution in [0.2, 0.25) is 0 Å². The van der Waals surface area contributed by atoms with E-state index in [1.165, 1.54) is 15.5 Å². The highest BCUT2D eigenvalue weighted by Gasteiger charge is 2.44. The number of anilines is 3. The summed E-state index contributed by atoms with van der Waals surface area (Å²) in [5.41, 5.74) is 1.90. The lowest BCUT2D eigenvalue weighted by atomic mass is 10.2. The van der Waals surface area contributed by atoms with Crippen LogP contribution < -0.4 is 15.6 Å². The second kappa shape index (κ2) is 7.76. The first-order chi connectivity index (χ1) is 13.8. The lowest BCUT2D eigenvalue weighted by molar-refractivity contribution is 0.630. The van der Waals surface area contributed by atoms with Gasteiger partial charge in [-0.1, -0.05) is 12.1 Å². The van der Waals surface area contributed by atoms with Gasteiger partial charge in [-0.3, -0.25) is 9.36 Å². The van der Waals surface area contributed by atoms with Gasteiger partial charge in [0.25, 0.3) is 5.56 Å². The first-order valence-corrected chi connectivity index (χ1v) is 11.4. The van der Waals surface area contributed by atoms with Crippen LogP contribution in [0.15, 0.2) is 46.6 Å². The summed E-state index contributed by atoms with van der Waals surface area (Å²) in [5, 5.41) is 5.05. The zero-order chi connectivity index (χ0) is 20.7. The average molecular weight is 432 g/mol. The molecular weight excluding hydrogens is 409 g/mol. The van der Waals surface area contributed by atoms with Gasteiger partial charge in [-0.15, -0.1) is 11.3 Å². The number of aryl methyl sites for hydroxylation is 2. The van der Waals surface area contributed by atoms with E-state index in [0.717, 1.165) is 12.0 Å². The van der Waals surface area contributed by atoms with Gasteiger partial charge in [0.05, 0.1) is 16.6 Å². The minimum absolute atomic E-state index is 0.0233. The van der Waals surface area contributed by atoms with Crippen molar-refractivity contribution in [3.8, 4) is 0 Å². The van der Waals surface area contributed by atoms with Gasteiger partial charge in [0, 0.05) is 23.4 Å². The van der Waals surface area contributed by atoms with Crippen molar-refractivity contribution in [2.24, 2.45) is 7.05 Å². The molecule has 0 spiro atoms. The van der Waals surface area contributed by atoms with Crippen molar-refractivity contribution in [2.45, 2.75) is 31.4 Å². The zero-order valence-corrected chi connectivity index (χ0v) is 18.0. The zero-order valence-electron chi connectivity index (χ0n) is 16.4. The molecule has 3 aromatic rings. The summed E-state index contributed by atoms with van der Waals surface area (Å²) in [5.74, 6) is 0.262. The largest absolute Gasteiger partial charge is 0.337 e. The quantitative estimate of drug-likeness (QED) is 0.601. The number of rotatable bonds is 6. The van der Waals surface area contributed by atoms with Crippen molar-refractivity contribution in [2.75, 3.05) is 10.0 Å². The van der Waals surface area contributed by atoms with Crippen LogP contribution in [-0.2, 0) is 18.0 Å². The third kappa shape index (κ3) is 4.00. The minimum atomic E-state index is -1.32. The van der Waals surface area contributed by atoms with Gasteiger partial charge >= 0.3 is 0 Å². The molecule has 0 aliphatic heterocycles. The maximum atomic E-state index is 14.4. The molecule has 1 aliphatic rings. The molecule has 152 valence electrons. The molecule has 1 fully saturated rings. The Morgan fingerprint density at radius 1 is 1.21 bits per heavy atom. The molecule has 0 bridgehead atoms. The summed E-state index contributed by atoms with van der Waals surface area (Å²) >= 11 is 1.67. The highest BCUT2D eigenvalue weighted by Crippen LogP contribution is 2.46. The predicted molar refractivity (Wildman–Crippen MR) is 118 cm³/mol. The Morgan fingerprint density at radius 2 is 2.00 bits per heavy atom. The summed E-state index contributed by atoms with van der Waals surface area (Å²) < 4.78 is 31.7. The third-order valence-corrected chi connectivity index (χ3v) is 7.59. The van der Waals surface area contributed by atoms with Crippen LogP contribution in [0.1, 0.15) is 28.3 Å². The molecule has 2 aromatic heterocycles. The van der Waals surface area contributed by atoms with E-state index in [2.05, 4.69) is 16.1 Å². The molecule has 4 rings (SSSR count). The molecule has 3 unspecified atom stereocenters. The second-order valence-corrected chi connectivity index (χ2v) is 9.74. The fraction of sp³-hybridized carbons (Fsp3) is 0.286. The van der Waals surface area contributed by atoms with Crippen LogP contribution in [0.25, 0.3) is 0 Å². The van der Waals surface area contributed by atoms with E-state index >= 15 is 0 Å². The monoisotopic (exact) mass is 431 g/mol. The second-order valence-electron chi connectivity index (χ2n) is 7.36. The highest BCUT2D eigenvalue weighted by molar-refractivity contribution is 7.87. The molecule has 0 radical (unpaired) electrons. The number of nitrogens with zero attached hydrogens (tertiary/aromatic N) is 1. The van der Waals surface area contributed by atoms with Gasteiger partial charge in [-0.25, -0.2) is 8.60 Å². The summed E-state index contributed by atoms with van der Waals surface area (Å²) in [6, 6.07) is 10.6. The predicted octanol–water partition coefficient (Wildman–Crippen LogP) is 4.58. The summed E-state index contributed by atoms with van der Waals surface area (Å²) in [4.78, 5) is 13.7. The highest BCUT2D eigenvalue weighted by atomic mass is 32.2. The van der Waals surface area contributed by atoms with Crippen molar-refractivity contribution in [1.82, 2.24) is 4.57 Å². The standard InChI is InChI=1S/C21H22FN3O2S2/c1-12-6-7-16(15(22)9-12)23-20-17(10-13(2)21(26)25(20)3)24-29(27)19-11-14(19)18-5-4-8-28-18/h4-10,14,19,23-24H,11H2,1-3H3. The number of thiophene rings is 1. The maximum absolute atomic E-state index is 14.4. The number of hydrogen-bond donors (Lipinski definition) is 2. The van der Waals surface area contributed by atoms with E-state index in [0.29, 0.717) is 23.0 Å². The Balaban J connectivity index is 1.62. The van der Waals surface area contributed by atoms with Gasteiger partial charge in [0.1, 0.15) is 22.6 Å². The number of aromatic nitrogens is 1. The third-order valence-electron chi connectivity index (χ3n) is 5.10. The first kappa shape index (κ1) is 19.8. The Labute approximate surface area is 175 Å². The molecule has 8 heteroatoms. The molecule has 0 amide bonds. The molecule has 2 heterocycles. The smallest absolute Gasteiger partial charge is 0.254 e. The van der Waals surface area contributed by atoms with Crippen LogP contribution in [0.4, 0.5) is 21.6 Å². The van der Waals surface area contributed by atoms with Gasteiger partial charge in [-0.2, -0.15) is 0 Å². The van der Waals surface area contributed by atoms with Crippen LogP contribution >= 0.6 is 11.3 Å². The van der Waals surface area contributed by atoms with Crippen LogP contribution in [0.5, 0.6) is 0 Å². The molecule has 5 nitrogen and oxygen atoms in total. The number of pyridine rings is 1. The molecule has 2 N–H and O–H groups in total. The Kier molecular flexibility index (Phi) is 5.31. The van der Waals surface area contributed by atoms with Gasteiger partial charge < -0.3 is 10.0 Å². The number of benzene rings is 1. The molecule has 1 aliphatic carbocycles. The first-order valence-electron chi connectivity index (χ1n) is 9.29. The summed E-state index contributed by atoms with van der Waals surface area (Å²) in [6.45, 7) is 3.52. The van der Waals surface area contributed by atoms with Crippen LogP contribution in [0.3, 0.4) is 0 Å². The number of halogens is 1. The number of hydrogen-bond acceptors (Lipinski definition) is 4. The van der Waals surface area contributed by atoms with E-state index < -0.39 is 16.8 Å². The van der Waals surface area contributed by atoms with E-state index in [9.17, 15) is 13.4 Å². The van der Waals surface area contributed by atoms with Crippen LogP contribution in [0, 0.1) is 19.7 Å². The molecule has 29 heavy (non-hydrogen) atoms. The molecule has 1 saturated carbocycles. The molecular formula is C21H22FN3O2S2. The van der Waals surface area contributed by atoms with E-state index in [1.54, 1.807) is 43.5 Å². The van der Waals surface area contributed by atoms with Crippen molar-refractivity contribution >= 4 is 39.5 Å². The topological polar surface area (TPSA) is 63.1 Å². The van der Waals surface area contributed by atoms with E-state index in [4.69, 9.17) is 0 Å². The lowest BCUT2D eigenvalue weighted by Gasteiger charge is -2.18. The molecule has 1 aromatic carbocycles. The van der Waals surface area contributed by atoms with Gasteiger partial charge in [0.2, 0.25) is 0 Å². The minimum Gasteiger partial charge on any atom is -0.337 e. The van der Waals surface area contributed by atoms with Crippen molar-refractivity contribution < 1.29 is 8.60 Å². The SMILES string of the molecule is Cc1ccc(Nc2c(NS(=O)C3CC3c3cccs3)cc(C)c(=O)n2C)c(F)c1. The van der Waals surface area contributed by atoms with Crippen LogP contribution in [-0.4, -0.2) is 14.0 Å². The summed E-state index contributed by atoms with van der Waals surface area (Å²) in [7, 11) is 0.295. The normalized spacial score (nSPS) is 19.0. The fourth-order valence-corrected chi connectivity index (χ4v) is 5.71. The molecule has 3 atom stereocenters. The number of nitrogens with one attached hydrogen (secondary N) is 2. The van der Waals surface area contributed by atoms with Gasteiger partial charge in [0.15, 0.2) is 0 Å². The lowest BCUT2D eigenvalue weighted by Crippen LogP contribution is -2.24. The maximum Gasteiger partial charge on any atom is 0.254 e. The van der Waals surface area contributed by atoms with E-state index in [-0.39, 0.29) is 16.5 Å². The molecule has 0 saturated heterocycles. The summed E-state index contributed by atoms with van der Waals surface area (Å²) in [6.07, 6.45) is 0.861. The Morgan fingerprint density at radius 3 is 2.69 bits per heavy atom. The van der Waals surface area contributed by atoms with Crippen molar-refractivity contribution in [3.05, 3.63) is 74.0 Å².